The smallest absolute Gasteiger partial charge is 0.0382 e. The number of rotatable bonds is 10. The number of nitrogens with zero attached hydrogens (tertiary/aromatic N) is 3. The summed E-state index contributed by atoms with van der Waals surface area (Å²) in [5.41, 5.74) is 6.78. The van der Waals surface area contributed by atoms with E-state index >= 15 is 0 Å². The Morgan fingerprint density at radius 1 is 0.412 bits per heavy atom. The topological polar surface area (TPSA) is 70.4 Å². The Kier molecular flexibility index (Phi) is 13.2. The highest BCUT2D eigenvalue weighted by molar-refractivity contribution is 5.69. The molecule has 3 N–H and O–H groups in total. The van der Waals surface area contributed by atoms with Gasteiger partial charge in [-0.3, -0.25) is 0 Å². The Morgan fingerprint density at radius 2 is 0.706 bits per heavy atom. The predicted octanol–water partition coefficient (Wildman–Crippen LogP) is 11.2. The predicted molar refractivity (Wildman–Crippen MR) is 210 cm³/mol. The molecule has 3 saturated heterocycles. The van der Waals surface area contributed by atoms with Gasteiger partial charge in [0.15, 0.2) is 0 Å². The molecule has 3 aliphatic rings. The fourth-order valence-corrected chi connectivity index (χ4v) is 10.1. The molecule has 0 spiro atoms. The van der Waals surface area contributed by atoms with E-state index in [9.17, 15) is 15.6 Å². The molecule has 3 aliphatic heterocycles. The third-order valence-electron chi connectivity index (χ3n) is 13.5. The second-order valence-electron chi connectivity index (χ2n) is 19.0. The van der Waals surface area contributed by atoms with E-state index < -0.39 is 0 Å². The number of piperidine rings is 3. The van der Waals surface area contributed by atoms with Crippen molar-refractivity contribution in [2.75, 3.05) is 0 Å². The zero-order valence-electron chi connectivity index (χ0n) is 34.1. The van der Waals surface area contributed by atoms with Crippen LogP contribution in [-0.4, -0.2) is 67.1 Å². The maximum absolute atomic E-state index is 11.4. The van der Waals surface area contributed by atoms with E-state index in [4.69, 9.17) is 0 Å². The lowest BCUT2D eigenvalue weighted by Gasteiger charge is -2.46. The maximum atomic E-state index is 11.4. The SMILES string of the molecule is CC(C)C1CC(c2ccc(-c3ccc(C4CC(C(C)C)N(O)C(C(C)C)C4)cc3C3CC(C(C)C)N(O)C(C(C)C)C3)cc2)CC(C(C)C)N1O. The van der Waals surface area contributed by atoms with Gasteiger partial charge in [0.05, 0.1) is 0 Å². The molecule has 0 saturated carbocycles. The van der Waals surface area contributed by atoms with Crippen molar-refractivity contribution in [3.05, 3.63) is 59.2 Å². The quantitative estimate of drug-likeness (QED) is 0.229. The van der Waals surface area contributed by atoms with Gasteiger partial charge in [0.25, 0.3) is 0 Å². The summed E-state index contributed by atoms with van der Waals surface area (Å²) >= 11 is 0. The molecule has 6 nitrogen and oxygen atoms in total. The summed E-state index contributed by atoms with van der Waals surface area (Å²) in [7, 11) is 0. The first kappa shape index (κ1) is 40.4. The Hall–Kier alpha value is -1.80. The lowest BCUT2D eigenvalue weighted by molar-refractivity contribution is -0.201. The Labute approximate surface area is 311 Å². The summed E-state index contributed by atoms with van der Waals surface area (Å²) in [6.45, 7) is 26.9. The van der Waals surface area contributed by atoms with Crippen LogP contribution in [-0.2, 0) is 0 Å². The fourth-order valence-electron chi connectivity index (χ4n) is 10.1. The second-order valence-corrected chi connectivity index (χ2v) is 19.0. The first-order valence-corrected chi connectivity index (χ1v) is 20.7. The van der Waals surface area contributed by atoms with Crippen molar-refractivity contribution in [3.63, 3.8) is 0 Å². The molecule has 286 valence electrons. The third-order valence-corrected chi connectivity index (χ3v) is 13.5. The Bertz CT molecular complexity index is 1350. The highest BCUT2D eigenvalue weighted by Gasteiger charge is 2.42. The van der Waals surface area contributed by atoms with Gasteiger partial charge in [0.2, 0.25) is 0 Å². The van der Waals surface area contributed by atoms with Crippen LogP contribution in [0.2, 0.25) is 0 Å². The summed E-state index contributed by atoms with van der Waals surface area (Å²) in [5, 5.41) is 38.9. The minimum absolute atomic E-state index is 0.114. The molecule has 0 amide bonds. The van der Waals surface area contributed by atoms with Crippen LogP contribution in [0.5, 0.6) is 0 Å². The average Bonchev–Trinajstić information content (AvgIpc) is 3.07. The monoisotopic (exact) mass is 704 g/mol. The van der Waals surface area contributed by atoms with Crippen molar-refractivity contribution in [3.8, 4) is 11.1 Å². The van der Waals surface area contributed by atoms with Gasteiger partial charge in [-0.2, -0.15) is 15.2 Å². The molecule has 0 aromatic heterocycles. The van der Waals surface area contributed by atoms with E-state index in [0.717, 1.165) is 38.5 Å². The lowest BCUT2D eigenvalue weighted by atomic mass is 9.72. The molecule has 3 fully saturated rings. The highest BCUT2D eigenvalue weighted by Crippen LogP contribution is 2.46. The molecule has 6 atom stereocenters. The van der Waals surface area contributed by atoms with Crippen molar-refractivity contribution in [2.45, 2.75) is 176 Å². The number of hydroxylamine groups is 6. The molecule has 51 heavy (non-hydrogen) atoms. The minimum Gasteiger partial charge on any atom is -0.313 e. The zero-order valence-corrected chi connectivity index (χ0v) is 34.1. The van der Waals surface area contributed by atoms with Crippen LogP contribution in [0.1, 0.15) is 156 Å². The summed E-state index contributed by atoms with van der Waals surface area (Å²) in [6.07, 6.45) is 5.76. The molecule has 0 radical (unpaired) electrons. The normalized spacial score (nSPS) is 32.0. The maximum Gasteiger partial charge on any atom is 0.0382 e. The third kappa shape index (κ3) is 8.63. The van der Waals surface area contributed by atoms with E-state index in [1.165, 1.54) is 27.8 Å². The van der Waals surface area contributed by atoms with Gasteiger partial charge in [0, 0.05) is 36.3 Å². The van der Waals surface area contributed by atoms with E-state index in [1.54, 1.807) is 15.2 Å². The van der Waals surface area contributed by atoms with Crippen molar-refractivity contribution in [1.82, 2.24) is 15.2 Å². The van der Waals surface area contributed by atoms with Crippen LogP contribution in [0.25, 0.3) is 11.1 Å². The van der Waals surface area contributed by atoms with E-state index in [-0.39, 0.29) is 36.3 Å². The van der Waals surface area contributed by atoms with Crippen molar-refractivity contribution in [1.29, 1.82) is 0 Å². The summed E-state index contributed by atoms with van der Waals surface area (Å²) < 4.78 is 0. The molecule has 6 unspecified atom stereocenters. The Balaban J connectivity index is 1.55. The summed E-state index contributed by atoms with van der Waals surface area (Å²) in [6, 6.07) is 17.6. The second kappa shape index (κ2) is 16.7. The fraction of sp³-hybridized carbons (Fsp3) is 0.733. The van der Waals surface area contributed by atoms with E-state index in [2.05, 4.69) is 126 Å². The number of hydrogen-bond donors (Lipinski definition) is 3. The molecular formula is C45H73N3O3. The molecule has 2 aromatic rings. The number of hydrogen-bond acceptors (Lipinski definition) is 6. The highest BCUT2D eigenvalue weighted by atomic mass is 16.5. The van der Waals surface area contributed by atoms with Crippen molar-refractivity contribution >= 4 is 0 Å². The van der Waals surface area contributed by atoms with Crippen LogP contribution in [0.3, 0.4) is 0 Å². The molecule has 6 heteroatoms. The van der Waals surface area contributed by atoms with Crippen molar-refractivity contribution < 1.29 is 15.6 Å². The van der Waals surface area contributed by atoms with E-state index in [0.29, 0.717) is 53.3 Å². The lowest BCUT2D eigenvalue weighted by Crippen LogP contribution is -2.51. The standard InChI is InChI=1S/C45H73N3O3/c1-26(2)40-20-35(21-41(27(3)4)46(40)49)32-13-15-33(16-14-32)38-18-17-34(36-22-42(28(5)6)47(50)43(23-36)29(7)8)19-39(38)37-24-44(30(9)10)48(51)45(25-37)31(11)12/h13-19,26-31,35-37,40-45,49-51H,20-25H2,1-12H3. The Morgan fingerprint density at radius 3 is 1.04 bits per heavy atom. The first-order chi connectivity index (χ1) is 24.0. The van der Waals surface area contributed by atoms with Gasteiger partial charge >= 0.3 is 0 Å². The van der Waals surface area contributed by atoms with Gasteiger partial charge in [-0.15, -0.1) is 0 Å². The first-order valence-electron chi connectivity index (χ1n) is 20.7. The van der Waals surface area contributed by atoms with Gasteiger partial charge in [0.1, 0.15) is 0 Å². The largest absolute Gasteiger partial charge is 0.313 e. The van der Waals surface area contributed by atoms with Gasteiger partial charge in [-0.1, -0.05) is 126 Å². The van der Waals surface area contributed by atoms with Gasteiger partial charge < -0.3 is 15.6 Å². The van der Waals surface area contributed by atoms with Crippen LogP contribution < -0.4 is 0 Å². The zero-order chi connectivity index (χ0) is 37.5. The van der Waals surface area contributed by atoms with Crippen LogP contribution in [0.15, 0.2) is 42.5 Å². The molecule has 2 aromatic carbocycles. The average molecular weight is 704 g/mol. The van der Waals surface area contributed by atoms with Crippen LogP contribution in [0, 0.1) is 35.5 Å². The van der Waals surface area contributed by atoms with Crippen LogP contribution >= 0.6 is 0 Å². The van der Waals surface area contributed by atoms with Crippen molar-refractivity contribution in [2.24, 2.45) is 35.5 Å². The van der Waals surface area contributed by atoms with E-state index in [1.807, 2.05) is 0 Å². The number of benzene rings is 2. The summed E-state index contributed by atoms with van der Waals surface area (Å²) in [4.78, 5) is 0. The molecule has 0 bridgehead atoms. The van der Waals surface area contributed by atoms with Crippen LogP contribution in [0.4, 0.5) is 0 Å². The molecular weight excluding hydrogens is 631 g/mol. The molecule has 5 rings (SSSR count). The van der Waals surface area contributed by atoms with Gasteiger partial charge in [-0.05, 0) is 120 Å². The summed E-state index contributed by atoms with van der Waals surface area (Å²) in [5.74, 6) is 3.41. The molecule has 3 heterocycles. The van der Waals surface area contributed by atoms with Gasteiger partial charge in [-0.25, -0.2) is 0 Å². The minimum atomic E-state index is 0.114. The molecule has 0 aliphatic carbocycles.